The molecule has 0 rings (SSSR count). The first-order valence-corrected chi connectivity index (χ1v) is 1.36. The molecule has 0 aliphatic carbocycles. The zero-order valence-electron chi connectivity index (χ0n) is 3.09. The fourth-order valence-electron chi connectivity index (χ4n) is 0.0304. The highest BCUT2D eigenvalue weighted by molar-refractivity contribution is 5.70. The maximum Gasteiger partial charge on any atom is 0.168 e. The molecule has 34 valence electrons. The first-order chi connectivity index (χ1) is 2.81. The maximum absolute atomic E-state index is 9.38. The van der Waals surface area contributed by atoms with Gasteiger partial charge in [0, 0.05) is 0 Å². The summed E-state index contributed by atoms with van der Waals surface area (Å²) in [5.41, 5.74) is 4.56. The number of hydrogen-bond donors (Lipinski definition) is 2. The molecule has 0 aromatic carbocycles. The molecule has 0 unspecified atom stereocenters. The quantitative estimate of drug-likeness (QED) is 0.258. The standard InChI is InChI=1S/C3H5NO2/c4-3(1-5)2-6/h1-2,5H,4H2. The molecule has 0 heterocycles. The van der Waals surface area contributed by atoms with Crippen LogP contribution in [0.15, 0.2) is 12.0 Å². The van der Waals surface area contributed by atoms with Crippen molar-refractivity contribution in [2.75, 3.05) is 0 Å². The Morgan fingerprint density at radius 1 is 1.83 bits per heavy atom. The molecule has 6 heavy (non-hydrogen) atoms. The van der Waals surface area contributed by atoms with Crippen LogP contribution in [-0.2, 0) is 4.79 Å². The second-order valence-corrected chi connectivity index (χ2v) is 0.747. The Balaban J connectivity index is 3.50. The third-order valence-corrected chi connectivity index (χ3v) is 0.285. The molecule has 0 aliphatic rings. The summed E-state index contributed by atoms with van der Waals surface area (Å²) in [4.78, 5) is 9.38. The SMILES string of the molecule is NC(C=O)=CO. The van der Waals surface area contributed by atoms with Crippen LogP contribution in [-0.4, -0.2) is 11.4 Å². The van der Waals surface area contributed by atoms with E-state index in [-0.39, 0.29) is 5.70 Å². The van der Waals surface area contributed by atoms with Crippen LogP contribution >= 0.6 is 0 Å². The summed E-state index contributed by atoms with van der Waals surface area (Å²) in [6, 6.07) is 0. The summed E-state index contributed by atoms with van der Waals surface area (Å²) in [7, 11) is 0. The first kappa shape index (κ1) is 5.01. The van der Waals surface area contributed by atoms with Crippen molar-refractivity contribution in [3.05, 3.63) is 12.0 Å². The molecule has 0 saturated heterocycles. The molecule has 3 N–H and O–H groups in total. The van der Waals surface area contributed by atoms with Crippen molar-refractivity contribution in [1.29, 1.82) is 0 Å². The van der Waals surface area contributed by atoms with Crippen LogP contribution in [0.4, 0.5) is 0 Å². The van der Waals surface area contributed by atoms with E-state index in [1.807, 2.05) is 0 Å². The van der Waals surface area contributed by atoms with E-state index in [4.69, 9.17) is 10.8 Å². The van der Waals surface area contributed by atoms with Gasteiger partial charge in [-0.1, -0.05) is 0 Å². The topological polar surface area (TPSA) is 63.3 Å². The molecule has 0 atom stereocenters. The fraction of sp³-hybridized carbons (Fsp3) is 0. The zero-order valence-corrected chi connectivity index (χ0v) is 3.09. The summed E-state index contributed by atoms with van der Waals surface area (Å²) in [6.07, 6.45) is 0.910. The van der Waals surface area contributed by atoms with Gasteiger partial charge in [0.2, 0.25) is 0 Å². The number of aldehydes is 1. The van der Waals surface area contributed by atoms with Gasteiger partial charge >= 0.3 is 0 Å². The Labute approximate surface area is 35.1 Å². The van der Waals surface area contributed by atoms with E-state index in [9.17, 15) is 4.79 Å². The Bertz CT molecular complexity index is 76.9. The number of rotatable bonds is 1. The highest BCUT2D eigenvalue weighted by Crippen LogP contribution is 1.65. The summed E-state index contributed by atoms with van der Waals surface area (Å²) in [5.74, 6) is 0. The van der Waals surface area contributed by atoms with Crippen LogP contribution in [0.3, 0.4) is 0 Å². The average molecular weight is 87.1 g/mol. The van der Waals surface area contributed by atoms with E-state index < -0.39 is 0 Å². The van der Waals surface area contributed by atoms with E-state index in [2.05, 4.69) is 0 Å². The minimum Gasteiger partial charge on any atom is -0.513 e. The van der Waals surface area contributed by atoms with Gasteiger partial charge in [-0.3, -0.25) is 4.79 Å². The number of nitrogens with two attached hydrogens (primary N) is 1. The van der Waals surface area contributed by atoms with Crippen molar-refractivity contribution in [2.24, 2.45) is 5.73 Å². The first-order valence-electron chi connectivity index (χ1n) is 1.36. The molecule has 0 spiro atoms. The van der Waals surface area contributed by atoms with Crippen molar-refractivity contribution in [3.63, 3.8) is 0 Å². The lowest BCUT2D eigenvalue weighted by Gasteiger charge is -1.75. The van der Waals surface area contributed by atoms with E-state index >= 15 is 0 Å². The predicted octanol–water partition coefficient (Wildman–Crippen LogP) is -0.457. The third kappa shape index (κ3) is 1.34. The second-order valence-electron chi connectivity index (χ2n) is 0.747. The molecule has 3 nitrogen and oxygen atoms in total. The van der Waals surface area contributed by atoms with Crippen LogP contribution in [0, 0.1) is 0 Å². The van der Waals surface area contributed by atoms with Gasteiger partial charge in [-0.25, -0.2) is 0 Å². The molecule has 0 radical (unpaired) electrons. The van der Waals surface area contributed by atoms with Crippen LogP contribution in [0.25, 0.3) is 0 Å². The smallest absolute Gasteiger partial charge is 0.168 e. The maximum atomic E-state index is 9.38. The van der Waals surface area contributed by atoms with Crippen LogP contribution in [0.2, 0.25) is 0 Å². The van der Waals surface area contributed by atoms with Gasteiger partial charge in [-0.2, -0.15) is 0 Å². The molecule has 0 saturated carbocycles. The van der Waals surface area contributed by atoms with Gasteiger partial charge in [-0.15, -0.1) is 0 Å². The molecular formula is C3H5NO2. The van der Waals surface area contributed by atoms with Gasteiger partial charge in [0.15, 0.2) is 6.29 Å². The monoisotopic (exact) mass is 87.0 g/mol. The van der Waals surface area contributed by atoms with Gasteiger partial charge in [-0.05, 0) is 0 Å². The summed E-state index contributed by atoms with van der Waals surface area (Å²) < 4.78 is 0. The van der Waals surface area contributed by atoms with Gasteiger partial charge in [0.1, 0.15) is 12.0 Å². The van der Waals surface area contributed by atoms with Crippen molar-refractivity contribution < 1.29 is 9.90 Å². The van der Waals surface area contributed by atoms with E-state index in [1.165, 1.54) is 0 Å². The van der Waals surface area contributed by atoms with Crippen LogP contribution in [0.5, 0.6) is 0 Å². The lowest BCUT2D eigenvalue weighted by atomic mass is 10.6. The minimum absolute atomic E-state index is 0.157. The van der Waals surface area contributed by atoms with E-state index in [0.29, 0.717) is 12.5 Å². The Hall–Kier alpha value is -0.990. The van der Waals surface area contributed by atoms with E-state index in [0.717, 1.165) is 0 Å². The Morgan fingerprint density at radius 3 is 2.33 bits per heavy atom. The van der Waals surface area contributed by atoms with Crippen LogP contribution < -0.4 is 5.73 Å². The highest BCUT2D eigenvalue weighted by Gasteiger charge is 1.75. The third-order valence-electron chi connectivity index (χ3n) is 0.285. The molecule has 0 amide bonds. The molecule has 0 bridgehead atoms. The second kappa shape index (κ2) is 2.26. The Morgan fingerprint density at radius 2 is 2.33 bits per heavy atom. The zero-order chi connectivity index (χ0) is 4.99. The summed E-state index contributed by atoms with van der Waals surface area (Å²) in [5, 5.41) is 7.82. The average Bonchev–Trinajstić information content (AvgIpc) is 1.65. The molecule has 0 fully saturated rings. The van der Waals surface area contributed by atoms with Gasteiger partial charge < -0.3 is 10.8 Å². The summed E-state index contributed by atoms with van der Waals surface area (Å²) >= 11 is 0. The molecule has 0 aromatic rings. The van der Waals surface area contributed by atoms with Crippen LogP contribution in [0.1, 0.15) is 0 Å². The predicted molar refractivity (Wildman–Crippen MR) is 21.0 cm³/mol. The number of carbonyl (C=O) groups excluding carboxylic acids is 1. The molecular weight excluding hydrogens is 82.0 g/mol. The number of aliphatic hydroxyl groups excluding tert-OH is 1. The fourth-order valence-corrected chi connectivity index (χ4v) is 0.0304. The van der Waals surface area contributed by atoms with Crippen molar-refractivity contribution in [2.45, 2.75) is 0 Å². The lowest BCUT2D eigenvalue weighted by molar-refractivity contribution is -0.105. The van der Waals surface area contributed by atoms with E-state index in [1.54, 1.807) is 0 Å². The van der Waals surface area contributed by atoms with Gasteiger partial charge in [0.25, 0.3) is 0 Å². The highest BCUT2D eigenvalue weighted by atomic mass is 16.2. The largest absolute Gasteiger partial charge is 0.513 e. The number of carbonyl (C=O) groups is 1. The van der Waals surface area contributed by atoms with Gasteiger partial charge in [0.05, 0.1) is 0 Å². The molecule has 3 heteroatoms. The molecule has 0 aromatic heterocycles. The molecule has 0 aliphatic heterocycles. The van der Waals surface area contributed by atoms with Crippen molar-refractivity contribution in [3.8, 4) is 0 Å². The van der Waals surface area contributed by atoms with Crippen molar-refractivity contribution >= 4 is 6.29 Å². The lowest BCUT2D eigenvalue weighted by Crippen LogP contribution is -1.96. The minimum atomic E-state index is -0.157. The Kier molecular flexibility index (Phi) is 1.89. The number of aliphatic hydroxyl groups is 1. The number of hydrogen-bond acceptors (Lipinski definition) is 3. The summed E-state index contributed by atoms with van der Waals surface area (Å²) in [6.45, 7) is 0. The normalized spacial score (nSPS) is 11.0. The van der Waals surface area contributed by atoms with Crippen molar-refractivity contribution in [1.82, 2.24) is 0 Å². The number of allylic oxidation sites excluding steroid dienone is 1.